The van der Waals surface area contributed by atoms with Crippen LogP contribution >= 0.6 is 15.9 Å². The van der Waals surface area contributed by atoms with Crippen molar-refractivity contribution >= 4 is 27.7 Å². The smallest absolute Gasteiger partial charge is 0.354 e. The average molecular weight is 244 g/mol. The first-order chi connectivity index (χ1) is 6.00. The Kier molecular flexibility index (Phi) is 2.77. The third-order valence-electron chi connectivity index (χ3n) is 1.42. The Morgan fingerprint density at radius 1 is 1.46 bits per heavy atom. The van der Waals surface area contributed by atoms with Gasteiger partial charge in [-0.3, -0.25) is 4.79 Å². The van der Waals surface area contributed by atoms with Crippen LogP contribution in [0.1, 0.15) is 27.8 Å². The number of carbonyl (C=O) groups is 2. The zero-order valence-corrected chi connectivity index (χ0v) is 8.33. The third kappa shape index (κ3) is 2.35. The van der Waals surface area contributed by atoms with Crippen LogP contribution in [0.3, 0.4) is 0 Å². The molecule has 4 nitrogen and oxygen atoms in total. The second-order valence-electron chi connectivity index (χ2n) is 2.43. The van der Waals surface area contributed by atoms with Gasteiger partial charge < -0.3 is 5.11 Å². The minimum Gasteiger partial charge on any atom is -0.477 e. The van der Waals surface area contributed by atoms with Gasteiger partial charge in [-0.25, -0.2) is 9.78 Å². The van der Waals surface area contributed by atoms with Crippen molar-refractivity contribution in [3.63, 3.8) is 0 Å². The molecule has 0 fully saturated rings. The molecule has 0 unspecified atom stereocenters. The topological polar surface area (TPSA) is 67.3 Å². The molecule has 0 amide bonds. The second kappa shape index (κ2) is 3.66. The van der Waals surface area contributed by atoms with E-state index >= 15 is 0 Å². The lowest BCUT2D eigenvalue weighted by Gasteiger charge is -1.98. The first kappa shape index (κ1) is 9.85. The summed E-state index contributed by atoms with van der Waals surface area (Å²) in [4.78, 5) is 25.1. The number of Topliss-reactive ketones (excluding diaryl/α,β-unsaturated/α-hetero) is 1. The molecule has 0 saturated carbocycles. The molecule has 0 bridgehead atoms. The number of carboxylic acids is 1. The zero-order valence-electron chi connectivity index (χ0n) is 6.74. The van der Waals surface area contributed by atoms with Crippen LogP contribution in [0.2, 0.25) is 0 Å². The molecule has 0 atom stereocenters. The van der Waals surface area contributed by atoms with Crippen molar-refractivity contribution in [2.24, 2.45) is 0 Å². The van der Waals surface area contributed by atoms with Crippen molar-refractivity contribution in [1.82, 2.24) is 4.98 Å². The van der Waals surface area contributed by atoms with Gasteiger partial charge in [0.05, 0.1) is 0 Å². The van der Waals surface area contributed by atoms with Crippen LogP contribution in [0, 0.1) is 0 Å². The number of aromatic carboxylic acids is 1. The van der Waals surface area contributed by atoms with E-state index in [2.05, 4.69) is 20.9 Å². The summed E-state index contributed by atoms with van der Waals surface area (Å²) in [7, 11) is 0. The first-order valence-electron chi connectivity index (χ1n) is 3.42. The number of hydrogen-bond donors (Lipinski definition) is 1. The zero-order chi connectivity index (χ0) is 10.0. The lowest BCUT2D eigenvalue weighted by Crippen LogP contribution is -2.03. The number of carbonyl (C=O) groups excluding carboxylic acids is 1. The number of nitrogens with zero attached hydrogens (tertiary/aromatic N) is 1. The maximum Gasteiger partial charge on any atom is 0.354 e. The summed E-state index contributed by atoms with van der Waals surface area (Å²) in [6, 6.07) is 2.73. The van der Waals surface area contributed by atoms with E-state index in [9.17, 15) is 9.59 Å². The van der Waals surface area contributed by atoms with E-state index in [0.717, 1.165) is 0 Å². The van der Waals surface area contributed by atoms with Gasteiger partial charge in [0.2, 0.25) is 0 Å². The van der Waals surface area contributed by atoms with Crippen LogP contribution in [-0.2, 0) is 0 Å². The fourth-order valence-corrected chi connectivity index (χ4v) is 1.25. The van der Waals surface area contributed by atoms with Crippen molar-refractivity contribution in [1.29, 1.82) is 0 Å². The Balaban J connectivity index is 3.26. The average Bonchev–Trinajstić information content (AvgIpc) is 2.03. The SMILES string of the molecule is CC(=O)c1cc(Br)nc(C(=O)O)c1. The molecule has 68 valence electrons. The number of carboxylic acid groups (broad SMARTS) is 1. The van der Waals surface area contributed by atoms with Gasteiger partial charge >= 0.3 is 5.97 Å². The predicted molar refractivity (Wildman–Crippen MR) is 48.9 cm³/mol. The molecular formula is C8H6BrNO3. The maximum atomic E-state index is 10.9. The predicted octanol–water partition coefficient (Wildman–Crippen LogP) is 1.74. The fourth-order valence-electron chi connectivity index (χ4n) is 0.810. The summed E-state index contributed by atoms with van der Waals surface area (Å²) < 4.78 is 0.345. The second-order valence-corrected chi connectivity index (χ2v) is 3.24. The van der Waals surface area contributed by atoms with Crippen molar-refractivity contribution in [2.45, 2.75) is 6.92 Å². The minimum absolute atomic E-state index is 0.139. The molecule has 0 aliphatic rings. The fraction of sp³-hybridized carbons (Fsp3) is 0.125. The third-order valence-corrected chi connectivity index (χ3v) is 1.83. The van der Waals surface area contributed by atoms with Crippen LogP contribution in [0.4, 0.5) is 0 Å². The maximum absolute atomic E-state index is 10.9. The van der Waals surface area contributed by atoms with Gasteiger partial charge in [-0.15, -0.1) is 0 Å². The lowest BCUT2D eigenvalue weighted by molar-refractivity contribution is 0.0690. The summed E-state index contributed by atoms with van der Waals surface area (Å²) in [6.07, 6.45) is 0. The number of halogens is 1. The number of pyridine rings is 1. The molecule has 1 aromatic rings. The molecule has 0 saturated heterocycles. The van der Waals surface area contributed by atoms with E-state index in [-0.39, 0.29) is 11.5 Å². The van der Waals surface area contributed by atoms with Gasteiger partial charge in [-0.1, -0.05) is 0 Å². The highest BCUT2D eigenvalue weighted by Gasteiger charge is 2.09. The van der Waals surface area contributed by atoms with Crippen LogP contribution in [0.5, 0.6) is 0 Å². The minimum atomic E-state index is -1.15. The quantitative estimate of drug-likeness (QED) is 0.635. The van der Waals surface area contributed by atoms with Crippen LogP contribution in [-0.4, -0.2) is 21.8 Å². The lowest BCUT2D eigenvalue weighted by atomic mass is 10.2. The van der Waals surface area contributed by atoms with Crippen molar-refractivity contribution in [3.8, 4) is 0 Å². The summed E-state index contributed by atoms with van der Waals surface area (Å²) in [5.41, 5.74) is 0.193. The molecule has 0 aliphatic heterocycles. The summed E-state index contributed by atoms with van der Waals surface area (Å²) in [5, 5.41) is 8.62. The van der Waals surface area contributed by atoms with Crippen LogP contribution in [0.25, 0.3) is 0 Å². The highest BCUT2D eigenvalue weighted by molar-refractivity contribution is 9.10. The van der Waals surface area contributed by atoms with Crippen molar-refractivity contribution in [2.75, 3.05) is 0 Å². The molecule has 0 radical (unpaired) electrons. The summed E-state index contributed by atoms with van der Waals surface area (Å²) in [5.74, 6) is -1.34. The molecular weight excluding hydrogens is 238 g/mol. The Hall–Kier alpha value is -1.23. The molecule has 0 aromatic carbocycles. The van der Waals surface area contributed by atoms with Gasteiger partial charge in [0.25, 0.3) is 0 Å². The van der Waals surface area contributed by atoms with Crippen molar-refractivity contribution < 1.29 is 14.7 Å². The van der Waals surface area contributed by atoms with Crippen LogP contribution < -0.4 is 0 Å². The summed E-state index contributed by atoms with van der Waals surface area (Å²) in [6.45, 7) is 1.37. The highest BCUT2D eigenvalue weighted by Crippen LogP contribution is 2.12. The molecule has 1 N–H and O–H groups in total. The number of rotatable bonds is 2. The van der Waals surface area contributed by atoms with Gasteiger partial charge in [0.15, 0.2) is 5.78 Å². The number of hydrogen-bond acceptors (Lipinski definition) is 3. The molecule has 0 aliphatic carbocycles. The van der Waals surface area contributed by atoms with E-state index in [0.29, 0.717) is 10.2 Å². The van der Waals surface area contributed by atoms with Gasteiger partial charge in [-0.2, -0.15) is 0 Å². The number of aromatic nitrogens is 1. The van der Waals surface area contributed by atoms with Gasteiger partial charge in [-0.05, 0) is 35.0 Å². The van der Waals surface area contributed by atoms with Gasteiger partial charge in [0, 0.05) is 5.56 Å². The molecule has 1 heterocycles. The molecule has 1 aromatic heterocycles. The highest BCUT2D eigenvalue weighted by atomic mass is 79.9. The Bertz CT molecular complexity index is 343. The van der Waals surface area contributed by atoms with E-state index in [4.69, 9.17) is 5.11 Å². The standard InChI is InChI=1S/C8H6BrNO3/c1-4(11)5-2-6(8(12)13)10-7(9)3-5/h2-3H,1H3,(H,12,13). The van der Waals surface area contributed by atoms with E-state index < -0.39 is 5.97 Å². The van der Waals surface area contributed by atoms with Crippen LogP contribution in [0.15, 0.2) is 16.7 Å². The largest absolute Gasteiger partial charge is 0.477 e. The summed E-state index contributed by atoms with van der Waals surface area (Å²) >= 11 is 3.02. The van der Waals surface area contributed by atoms with Gasteiger partial charge in [0.1, 0.15) is 10.3 Å². The molecule has 5 heteroatoms. The Morgan fingerprint density at radius 2 is 2.08 bits per heavy atom. The Morgan fingerprint density at radius 3 is 2.54 bits per heavy atom. The number of ketones is 1. The van der Waals surface area contributed by atoms with E-state index in [1.807, 2.05) is 0 Å². The van der Waals surface area contributed by atoms with E-state index in [1.165, 1.54) is 19.1 Å². The molecule has 1 rings (SSSR count). The first-order valence-corrected chi connectivity index (χ1v) is 4.22. The molecule has 0 spiro atoms. The Labute approximate surface area is 82.7 Å². The monoisotopic (exact) mass is 243 g/mol. The molecule has 13 heavy (non-hydrogen) atoms. The normalized spacial score (nSPS) is 9.69. The van der Waals surface area contributed by atoms with Crippen molar-refractivity contribution in [3.05, 3.63) is 28.0 Å². The van der Waals surface area contributed by atoms with E-state index in [1.54, 1.807) is 0 Å².